The minimum Gasteiger partial charge on any atom is -0.465 e. The van der Waals surface area contributed by atoms with E-state index in [0.717, 1.165) is 29.6 Å². The number of carbonyl (C=O) groups is 1. The first-order valence-electron chi connectivity index (χ1n) is 10.9. The summed E-state index contributed by atoms with van der Waals surface area (Å²) >= 11 is 0. The van der Waals surface area contributed by atoms with Crippen LogP contribution >= 0.6 is 0 Å². The van der Waals surface area contributed by atoms with E-state index >= 15 is 0 Å². The van der Waals surface area contributed by atoms with Crippen molar-refractivity contribution in [3.8, 4) is 0 Å². The number of cyclic esters (lactones) is 1. The van der Waals surface area contributed by atoms with Gasteiger partial charge in [-0.25, -0.2) is 0 Å². The van der Waals surface area contributed by atoms with Crippen LogP contribution in [0.5, 0.6) is 0 Å². The summed E-state index contributed by atoms with van der Waals surface area (Å²) in [4.78, 5) is 11.7. The second-order valence-electron chi connectivity index (χ2n) is 10.4. The van der Waals surface area contributed by atoms with E-state index in [-0.39, 0.29) is 5.97 Å². The molecule has 5 aliphatic rings. The lowest BCUT2D eigenvalue weighted by Gasteiger charge is -2.59. The Bertz CT molecular complexity index is 595. The van der Waals surface area contributed by atoms with Crippen LogP contribution in [-0.2, 0) is 9.53 Å². The van der Waals surface area contributed by atoms with Crippen LogP contribution in [0.15, 0.2) is 12.2 Å². The van der Waals surface area contributed by atoms with E-state index in [1.54, 1.807) is 0 Å². The van der Waals surface area contributed by atoms with Gasteiger partial charge in [-0.1, -0.05) is 26.0 Å². The highest BCUT2D eigenvalue weighted by Crippen LogP contribution is 2.67. The fraction of sp³-hybridized carbons (Fsp3) is 0.870. The Morgan fingerprint density at radius 1 is 1.00 bits per heavy atom. The molecule has 2 nitrogen and oxygen atoms in total. The van der Waals surface area contributed by atoms with E-state index < -0.39 is 0 Å². The third-order valence-electron chi connectivity index (χ3n) is 9.65. The van der Waals surface area contributed by atoms with Gasteiger partial charge in [-0.2, -0.15) is 0 Å². The van der Waals surface area contributed by atoms with Gasteiger partial charge in [0.05, 0.1) is 13.0 Å². The van der Waals surface area contributed by atoms with Crippen LogP contribution in [0.25, 0.3) is 0 Å². The van der Waals surface area contributed by atoms with Crippen molar-refractivity contribution in [3.05, 3.63) is 12.2 Å². The number of rotatable bonds is 1. The van der Waals surface area contributed by atoms with Crippen molar-refractivity contribution >= 4 is 5.97 Å². The second kappa shape index (κ2) is 5.60. The van der Waals surface area contributed by atoms with Gasteiger partial charge in [0, 0.05) is 5.92 Å². The first-order valence-corrected chi connectivity index (χ1v) is 10.9. The molecule has 2 heteroatoms. The number of hydrogen-bond acceptors (Lipinski definition) is 2. The van der Waals surface area contributed by atoms with Crippen LogP contribution in [-0.4, -0.2) is 12.6 Å². The van der Waals surface area contributed by atoms with E-state index in [1.807, 2.05) is 0 Å². The minimum absolute atomic E-state index is 0.0473. The lowest BCUT2D eigenvalue weighted by Crippen LogP contribution is -2.52. The van der Waals surface area contributed by atoms with E-state index in [9.17, 15) is 4.79 Å². The summed E-state index contributed by atoms with van der Waals surface area (Å²) in [6.45, 7) is 5.87. The molecule has 5 rings (SSSR count). The highest BCUT2D eigenvalue weighted by molar-refractivity contribution is 5.71. The lowest BCUT2D eigenvalue weighted by atomic mass is 9.45. The number of esters is 1. The zero-order valence-electron chi connectivity index (χ0n) is 16.0. The van der Waals surface area contributed by atoms with Crippen LogP contribution in [0, 0.1) is 46.3 Å². The molecule has 1 saturated heterocycles. The summed E-state index contributed by atoms with van der Waals surface area (Å²) in [5, 5.41) is 0. The maximum Gasteiger partial charge on any atom is 0.306 e. The van der Waals surface area contributed by atoms with Crippen molar-refractivity contribution in [2.24, 2.45) is 46.3 Å². The Labute approximate surface area is 152 Å². The standard InChI is InChI=1S/C23H34O2/c1-22-11-4-3-5-16(22)6-7-17-19-9-8-18(15-13-21(24)25-14-15)23(19,2)12-10-20(17)22/h4,11,15-20H,3,5-10,12-14H2,1-2H3/t15-,16?,17-,18+,19+,20-,22-,23+/m0/s1. The maximum atomic E-state index is 11.7. The predicted molar refractivity (Wildman–Crippen MR) is 98.8 cm³/mol. The summed E-state index contributed by atoms with van der Waals surface area (Å²) in [7, 11) is 0. The molecular formula is C23H34O2. The molecule has 1 unspecified atom stereocenters. The number of ether oxygens (including phenoxy) is 1. The lowest BCUT2D eigenvalue weighted by molar-refractivity contribution is -0.137. The van der Waals surface area contributed by atoms with Crippen molar-refractivity contribution in [2.45, 2.75) is 71.6 Å². The molecular weight excluding hydrogens is 308 g/mol. The van der Waals surface area contributed by atoms with Gasteiger partial charge in [0.15, 0.2) is 0 Å². The van der Waals surface area contributed by atoms with Gasteiger partial charge >= 0.3 is 5.97 Å². The Kier molecular flexibility index (Phi) is 3.67. The van der Waals surface area contributed by atoms with Crippen molar-refractivity contribution in [3.63, 3.8) is 0 Å². The topological polar surface area (TPSA) is 26.3 Å². The molecule has 8 atom stereocenters. The largest absolute Gasteiger partial charge is 0.465 e. The van der Waals surface area contributed by atoms with E-state index in [4.69, 9.17) is 4.74 Å². The van der Waals surface area contributed by atoms with Gasteiger partial charge in [0.25, 0.3) is 0 Å². The molecule has 4 aliphatic carbocycles. The summed E-state index contributed by atoms with van der Waals surface area (Å²) in [6, 6.07) is 0. The number of allylic oxidation sites excluding steroid dienone is 2. The molecule has 4 fully saturated rings. The third kappa shape index (κ3) is 2.24. The quantitative estimate of drug-likeness (QED) is 0.473. The molecule has 0 aromatic carbocycles. The third-order valence-corrected chi connectivity index (χ3v) is 9.65. The minimum atomic E-state index is 0.0473. The summed E-state index contributed by atoms with van der Waals surface area (Å²) in [5.74, 6) is 4.91. The van der Waals surface area contributed by atoms with Gasteiger partial charge in [-0.3, -0.25) is 4.79 Å². The fourth-order valence-electron chi connectivity index (χ4n) is 8.42. The highest BCUT2D eigenvalue weighted by Gasteiger charge is 2.60. The molecule has 1 heterocycles. The van der Waals surface area contributed by atoms with Gasteiger partial charge in [0.1, 0.15) is 0 Å². The van der Waals surface area contributed by atoms with Crippen LogP contribution in [0.2, 0.25) is 0 Å². The second-order valence-corrected chi connectivity index (χ2v) is 10.4. The maximum absolute atomic E-state index is 11.7. The van der Waals surface area contributed by atoms with Gasteiger partial charge in [-0.15, -0.1) is 0 Å². The zero-order chi connectivity index (χ0) is 17.2. The van der Waals surface area contributed by atoms with Gasteiger partial charge in [-0.05, 0) is 91.8 Å². The SMILES string of the molecule is C[C@]12CC[C@H]3[C@@H](CCC4CCC=C[C@@]43C)[C@H]1CC[C@@H]2[C@@H]1COC(=O)C1. The molecule has 0 aromatic rings. The Balaban J connectivity index is 1.42. The zero-order valence-corrected chi connectivity index (χ0v) is 16.0. The van der Waals surface area contributed by atoms with Crippen molar-refractivity contribution < 1.29 is 9.53 Å². The molecule has 138 valence electrons. The van der Waals surface area contributed by atoms with Crippen molar-refractivity contribution in [1.29, 1.82) is 0 Å². The molecule has 0 bridgehead atoms. The Morgan fingerprint density at radius 3 is 2.64 bits per heavy atom. The average Bonchev–Trinajstić information content (AvgIpc) is 3.16. The molecule has 0 spiro atoms. The molecule has 0 aromatic heterocycles. The van der Waals surface area contributed by atoms with Crippen molar-refractivity contribution in [2.75, 3.05) is 6.61 Å². The molecule has 1 aliphatic heterocycles. The number of carbonyl (C=O) groups excluding carboxylic acids is 1. The normalized spacial score (nSPS) is 54.6. The van der Waals surface area contributed by atoms with Crippen LogP contribution in [0.4, 0.5) is 0 Å². The van der Waals surface area contributed by atoms with Crippen LogP contribution < -0.4 is 0 Å². The van der Waals surface area contributed by atoms with Crippen molar-refractivity contribution in [1.82, 2.24) is 0 Å². The van der Waals surface area contributed by atoms with E-state index in [2.05, 4.69) is 26.0 Å². The first kappa shape index (κ1) is 16.4. The Hall–Kier alpha value is -0.790. The first-order chi connectivity index (χ1) is 12.0. The monoisotopic (exact) mass is 342 g/mol. The van der Waals surface area contributed by atoms with Crippen LogP contribution in [0.3, 0.4) is 0 Å². The summed E-state index contributed by atoms with van der Waals surface area (Å²) in [6.07, 6.45) is 16.9. The van der Waals surface area contributed by atoms with E-state index in [0.29, 0.717) is 29.8 Å². The van der Waals surface area contributed by atoms with Gasteiger partial charge in [0.2, 0.25) is 0 Å². The molecule has 0 N–H and O–H groups in total. The molecule has 25 heavy (non-hydrogen) atoms. The smallest absolute Gasteiger partial charge is 0.306 e. The Morgan fingerprint density at radius 2 is 1.84 bits per heavy atom. The number of fused-ring (bicyclic) bond motifs is 5. The van der Waals surface area contributed by atoms with Gasteiger partial charge < -0.3 is 4.74 Å². The fourth-order valence-corrected chi connectivity index (χ4v) is 8.42. The average molecular weight is 343 g/mol. The van der Waals surface area contributed by atoms with E-state index in [1.165, 1.54) is 51.4 Å². The number of hydrogen-bond donors (Lipinski definition) is 0. The summed E-state index contributed by atoms with van der Waals surface area (Å²) < 4.78 is 5.35. The van der Waals surface area contributed by atoms with Crippen LogP contribution in [0.1, 0.15) is 71.6 Å². The molecule has 3 saturated carbocycles. The molecule has 0 radical (unpaired) electrons. The predicted octanol–water partition coefficient (Wildman–Crippen LogP) is 5.37. The highest BCUT2D eigenvalue weighted by atomic mass is 16.5. The molecule has 0 amide bonds. The summed E-state index contributed by atoms with van der Waals surface area (Å²) in [5.41, 5.74) is 0.925.